The number of carbonyl (C=O) groups excluding carboxylic acids is 4. The van der Waals surface area contributed by atoms with Gasteiger partial charge < -0.3 is 46.9 Å². The van der Waals surface area contributed by atoms with Crippen molar-refractivity contribution in [1.82, 2.24) is 20.9 Å². The van der Waals surface area contributed by atoms with Gasteiger partial charge in [-0.3, -0.25) is 19.2 Å². The number of likely N-dealkylation sites (N-methyl/N-ethyl adjacent to an activating group) is 1. The number of nitrogens with two attached hydrogens (primary N) is 2. The Morgan fingerprint density at radius 2 is 1.38 bits per heavy atom. The lowest BCUT2D eigenvalue weighted by Crippen LogP contribution is -2.49. The van der Waals surface area contributed by atoms with Crippen LogP contribution in [0.2, 0.25) is 0 Å². The van der Waals surface area contributed by atoms with E-state index in [1.54, 1.807) is 36.2 Å². The van der Waals surface area contributed by atoms with Crippen LogP contribution >= 0.6 is 0 Å². The molecule has 312 valence electrons. The average Bonchev–Trinajstić information content (AvgIpc) is 3.19. The molecule has 0 radical (unpaired) electrons. The second-order valence-electron chi connectivity index (χ2n) is 14.2. The summed E-state index contributed by atoms with van der Waals surface area (Å²) < 4.78 is 12.0. The summed E-state index contributed by atoms with van der Waals surface area (Å²) in [5.74, 6) is -1.33. The number of aliphatic carboxylic acids is 1. The molecule has 2 rings (SSSR count). The van der Waals surface area contributed by atoms with Gasteiger partial charge in [0.2, 0.25) is 24.1 Å². The Morgan fingerprint density at radius 3 is 1.93 bits per heavy atom. The summed E-state index contributed by atoms with van der Waals surface area (Å²) in [6.07, 6.45) is 13.9. The number of carboxylic acids is 1. The fraction of sp³-hybridized carbons (Fsp3) is 0.595. The molecule has 56 heavy (non-hydrogen) atoms. The molecule has 0 aliphatic rings. The van der Waals surface area contributed by atoms with Crippen LogP contribution in [-0.2, 0) is 30.4 Å². The van der Waals surface area contributed by atoms with Gasteiger partial charge in [-0.15, -0.1) is 0 Å². The zero-order chi connectivity index (χ0) is 41.3. The molecule has 0 aliphatic carbocycles. The van der Waals surface area contributed by atoms with E-state index in [0.717, 1.165) is 24.8 Å². The predicted octanol–water partition coefficient (Wildman–Crippen LogP) is 4.61. The van der Waals surface area contributed by atoms with E-state index in [1.165, 1.54) is 58.3 Å². The van der Waals surface area contributed by atoms with Gasteiger partial charge in [0.1, 0.15) is 36.8 Å². The first-order valence-electron chi connectivity index (χ1n) is 20.1. The molecule has 2 aromatic carbocycles. The number of rotatable bonds is 30. The number of carboxylic acid groups (broad SMARTS) is 1. The van der Waals surface area contributed by atoms with Crippen LogP contribution < -0.4 is 36.9 Å². The highest BCUT2D eigenvalue weighted by Crippen LogP contribution is 2.39. The van der Waals surface area contributed by atoms with Gasteiger partial charge >= 0.3 is 5.97 Å². The fourth-order valence-corrected chi connectivity index (χ4v) is 6.21. The first kappa shape index (κ1) is 47.5. The van der Waals surface area contributed by atoms with Crippen LogP contribution in [0.15, 0.2) is 36.4 Å². The summed E-state index contributed by atoms with van der Waals surface area (Å²) in [4.78, 5) is 62.9. The van der Waals surface area contributed by atoms with Crippen molar-refractivity contribution in [2.45, 2.75) is 122 Å². The maximum atomic E-state index is 13.3. The third kappa shape index (κ3) is 17.0. The fourth-order valence-electron chi connectivity index (χ4n) is 6.21. The van der Waals surface area contributed by atoms with Crippen molar-refractivity contribution in [3.63, 3.8) is 0 Å². The van der Waals surface area contributed by atoms with Crippen molar-refractivity contribution in [2.75, 3.05) is 39.9 Å². The highest BCUT2D eigenvalue weighted by Gasteiger charge is 2.25. The van der Waals surface area contributed by atoms with Crippen molar-refractivity contribution < 1.29 is 38.6 Å². The Hall–Kier alpha value is -4.69. The van der Waals surface area contributed by atoms with Gasteiger partial charge in [0.05, 0.1) is 12.6 Å². The van der Waals surface area contributed by atoms with Crippen LogP contribution in [0.5, 0.6) is 11.5 Å². The normalized spacial score (nSPS) is 12.5. The molecule has 0 aromatic heterocycles. The van der Waals surface area contributed by atoms with Crippen LogP contribution in [0.1, 0.15) is 115 Å². The zero-order valence-electron chi connectivity index (χ0n) is 33.9. The summed E-state index contributed by atoms with van der Waals surface area (Å²) in [7, 11) is 1.68. The summed E-state index contributed by atoms with van der Waals surface area (Å²) in [6.45, 7) is 6.37. The average molecular weight is 783 g/mol. The number of amides is 4. The van der Waals surface area contributed by atoms with Crippen molar-refractivity contribution in [3.05, 3.63) is 47.5 Å². The summed E-state index contributed by atoms with van der Waals surface area (Å²) >= 11 is 0. The maximum Gasteiger partial charge on any atom is 0.326 e. The lowest BCUT2D eigenvalue weighted by molar-refractivity contribution is -0.142. The Kier molecular flexibility index (Phi) is 22.9. The van der Waals surface area contributed by atoms with Crippen molar-refractivity contribution in [3.8, 4) is 22.6 Å². The number of ether oxygens (including phenoxy) is 2. The van der Waals surface area contributed by atoms with E-state index in [-0.39, 0.29) is 51.1 Å². The van der Waals surface area contributed by atoms with Crippen LogP contribution in [0.25, 0.3) is 11.1 Å². The predicted molar refractivity (Wildman–Crippen MR) is 218 cm³/mol. The Morgan fingerprint density at radius 1 is 0.821 bits per heavy atom. The molecule has 0 saturated carbocycles. The molecule has 2 aromatic rings. The monoisotopic (exact) mass is 782 g/mol. The first-order chi connectivity index (χ1) is 27.0. The Labute approximate surface area is 332 Å². The Bertz CT molecular complexity index is 1520. The van der Waals surface area contributed by atoms with Gasteiger partial charge in [0.25, 0.3) is 0 Å². The quantitative estimate of drug-likeness (QED) is 0.0478. The van der Waals surface area contributed by atoms with Gasteiger partial charge in [-0.05, 0) is 55.7 Å². The molecule has 3 atom stereocenters. The number of nitrogens with one attached hydrogen (secondary N) is 3. The SMILES string of the molecule is CCCCCCCCCCCCCC(=O)NCC(=O)N(C)C(C)c1ccc(OCCN)c(-c2cc(CC(NC(=O)[C@H](C)NC=O)C(=O)O)ccc2OCCN)c1. The summed E-state index contributed by atoms with van der Waals surface area (Å²) in [5, 5.41) is 17.5. The van der Waals surface area contributed by atoms with Crippen LogP contribution in [0.4, 0.5) is 0 Å². The number of carbonyl (C=O) groups is 5. The van der Waals surface area contributed by atoms with Crippen molar-refractivity contribution >= 4 is 30.1 Å². The number of hydrogen-bond donors (Lipinski definition) is 6. The summed E-state index contributed by atoms with van der Waals surface area (Å²) in [5.41, 5.74) is 14.1. The molecule has 14 heteroatoms. The van der Waals surface area contributed by atoms with Gasteiger partial charge in [-0.2, -0.15) is 0 Å². The number of unbranched alkanes of at least 4 members (excludes halogenated alkanes) is 10. The molecule has 2 unspecified atom stereocenters. The summed E-state index contributed by atoms with van der Waals surface area (Å²) in [6, 6.07) is 8.06. The van der Waals surface area contributed by atoms with E-state index in [0.29, 0.717) is 41.0 Å². The van der Waals surface area contributed by atoms with Crippen molar-refractivity contribution in [2.24, 2.45) is 11.5 Å². The third-order valence-electron chi connectivity index (χ3n) is 9.76. The maximum absolute atomic E-state index is 13.3. The lowest BCUT2D eigenvalue weighted by Gasteiger charge is -2.27. The van der Waals surface area contributed by atoms with Crippen LogP contribution in [0.3, 0.4) is 0 Å². The molecule has 8 N–H and O–H groups in total. The largest absolute Gasteiger partial charge is 0.492 e. The topological polar surface area (TPSA) is 215 Å². The minimum absolute atomic E-state index is 0.0731. The van der Waals surface area contributed by atoms with E-state index in [2.05, 4.69) is 22.9 Å². The molecule has 0 spiro atoms. The first-order valence-corrected chi connectivity index (χ1v) is 20.1. The van der Waals surface area contributed by atoms with E-state index >= 15 is 0 Å². The zero-order valence-corrected chi connectivity index (χ0v) is 33.9. The van der Waals surface area contributed by atoms with Crippen LogP contribution in [-0.4, -0.2) is 92.1 Å². The Balaban J connectivity index is 2.18. The third-order valence-corrected chi connectivity index (χ3v) is 9.76. The molecule has 0 bridgehead atoms. The van der Waals surface area contributed by atoms with E-state index in [4.69, 9.17) is 20.9 Å². The van der Waals surface area contributed by atoms with Gasteiger partial charge in [-0.25, -0.2) is 4.79 Å². The number of benzene rings is 2. The second-order valence-corrected chi connectivity index (χ2v) is 14.2. The molecule has 4 amide bonds. The molecular weight excluding hydrogens is 716 g/mol. The highest BCUT2D eigenvalue weighted by molar-refractivity contribution is 5.88. The van der Waals surface area contributed by atoms with Gasteiger partial charge in [0.15, 0.2) is 0 Å². The van der Waals surface area contributed by atoms with Crippen LogP contribution in [0, 0.1) is 0 Å². The second kappa shape index (κ2) is 27.0. The van der Waals surface area contributed by atoms with E-state index < -0.39 is 30.0 Å². The minimum atomic E-state index is -1.29. The number of hydrogen-bond acceptors (Lipinski definition) is 9. The highest BCUT2D eigenvalue weighted by atomic mass is 16.5. The molecule has 0 heterocycles. The molecule has 0 saturated heterocycles. The molecule has 0 fully saturated rings. The van der Waals surface area contributed by atoms with Gasteiger partial charge in [0, 0.05) is 44.1 Å². The molecular formula is C42H66N6O8. The number of nitrogens with zero attached hydrogens (tertiary/aromatic N) is 1. The molecule has 0 aliphatic heterocycles. The van der Waals surface area contributed by atoms with E-state index in [9.17, 15) is 29.1 Å². The van der Waals surface area contributed by atoms with E-state index in [1.807, 2.05) is 19.1 Å². The van der Waals surface area contributed by atoms with Crippen molar-refractivity contribution in [1.29, 1.82) is 0 Å². The smallest absolute Gasteiger partial charge is 0.326 e. The minimum Gasteiger partial charge on any atom is -0.492 e. The lowest BCUT2D eigenvalue weighted by atomic mass is 9.94. The molecule has 14 nitrogen and oxygen atoms in total. The standard InChI is InChI=1S/C42H66N6O8/c1-5-6-7-8-9-10-11-12-13-14-15-16-39(50)45-28-40(51)48(4)31(3)33-18-20-38(56-24-22-44)35(27-33)34-25-32(17-19-37(34)55-23-21-43)26-36(42(53)54)47-41(52)30(2)46-29-49/h17-20,25,27,29-31,36H,5-16,21-24,26,28,43-44H2,1-4H3,(H,45,50)(H,46,49)(H,47,52)(H,53,54)/t30-,31?,36?/m0/s1. The van der Waals surface area contributed by atoms with Gasteiger partial charge in [-0.1, -0.05) is 83.3 Å².